The van der Waals surface area contributed by atoms with E-state index in [0.29, 0.717) is 5.16 Å². The predicted octanol–water partition coefficient (Wildman–Crippen LogP) is -1.62. The highest BCUT2D eigenvalue weighted by molar-refractivity contribution is 8.00. The largest absolute Gasteiger partial charge is 0.481 e. The molecule has 2 fully saturated rings. The number of nitrogens with one attached hydrogen (secondary N) is 1. The number of thiazole rings is 1. The summed E-state index contributed by atoms with van der Waals surface area (Å²) in [4.78, 5) is 54.7. The normalized spacial score (nSPS) is 24.3. The molecule has 0 aliphatic carbocycles. The second-order valence-electron chi connectivity index (χ2n) is 7.61. The lowest BCUT2D eigenvalue weighted by atomic mass is 9.89. The number of carbonyl (C=O) groups is 4. The zero-order valence-electron chi connectivity index (χ0n) is 17.6. The van der Waals surface area contributed by atoms with Crippen LogP contribution >= 0.6 is 34.9 Å². The number of rotatable bonds is 8. The molecular weight excluding hydrogens is 506 g/mol. The molecule has 2 aliphatic rings. The molecule has 2 aromatic rings. The summed E-state index contributed by atoms with van der Waals surface area (Å²) >= 11 is 3.54. The average Bonchev–Trinajstić information content (AvgIpc) is 3.41. The first-order chi connectivity index (χ1) is 16.1. The fourth-order valence-corrected chi connectivity index (χ4v) is 6.75. The number of aliphatic carboxylic acids is 1. The van der Waals surface area contributed by atoms with E-state index >= 15 is 0 Å². The van der Waals surface area contributed by atoms with Gasteiger partial charge < -0.3 is 26.8 Å². The van der Waals surface area contributed by atoms with Crippen molar-refractivity contribution in [2.45, 2.75) is 16.6 Å². The van der Waals surface area contributed by atoms with E-state index in [0.717, 1.165) is 17.4 Å². The molecule has 34 heavy (non-hydrogen) atoms. The number of anilines is 1. The third-order valence-corrected chi connectivity index (χ3v) is 8.84. The molecule has 2 aliphatic heterocycles. The van der Waals surface area contributed by atoms with Crippen LogP contribution in [0.5, 0.6) is 0 Å². The summed E-state index contributed by atoms with van der Waals surface area (Å²) in [6.07, 6.45) is 0.923. The Morgan fingerprint density at radius 1 is 1.44 bits per heavy atom. The Labute approximate surface area is 204 Å². The van der Waals surface area contributed by atoms with Gasteiger partial charge in [0.25, 0.3) is 5.91 Å². The van der Waals surface area contributed by atoms with Crippen molar-refractivity contribution in [1.82, 2.24) is 35.4 Å². The van der Waals surface area contributed by atoms with Crippen LogP contribution in [0.2, 0.25) is 0 Å². The van der Waals surface area contributed by atoms with Gasteiger partial charge in [-0.15, -0.1) is 28.2 Å². The minimum Gasteiger partial charge on any atom is -0.481 e. The summed E-state index contributed by atoms with van der Waals surface area (Å²) in [6, 6.07) is -0.882. The van der Waals surface area contributed by atoms with E-state index in [2.05, 4.69) is 25.8 Å². The summed E-state index contributed by atoms with van der Waals surface area (Å²) < 4.78 is 1.44. The van der Waals surface area contributed by atoms with E-state index in [1.54, 1.807) is 7.05 Å². The number of carboxylic acid groups (broad SMARTS) is 1. The lowest BCUT2D eigenvalue weighted by molar-refractivity contribution is -0.157. The van der Waals surface area contributed by atoms with Crippen LogP contribution in [0.15, 0.2) is 16.6 Å². The van der Waals surface area contributed by atoms with E-state index in [9.17, 15) is 24.3 Å². The van der Waals surface area contributed by atoms with Crippen molar-refractivity contribution in [2.24, 2.45) is 18.2 Å². The van der Waals surface area contributed by atoms with Gasteiger partial charge in [0.05, 0.1) is 11.3 Å². The Balaban J connectivity index is 1.45. The molecule has 3 amide bonds. The van der Waals surface area contributed by atoms with Gasteiger partial charge in [-0.3, -0.25) is 19.2 Å². The third-order valence-electron chi connectivity index (χ3n) is 5.27. The third kappa shape index (κ3) is 4.45. The number of primary amides is 1. The second-order valence-corrected chi connectivity index (χ2v) is 10.5. The standard InChI is InChI=1S/C17H19N9O5S3/c1-25-16(22-23-24-25)34-6-17(14(30)31)4-26-12(29)10(13(26)33-5-17)21-11(28)7(2-9(18)27)8-3-32-15(19)20-8/h2-3,10,13H,4-6H2,1H3,(H2,18,27)(H2,19,20)(H,21,28)(H,30,31)/t10?,13-,17?/m1/s1. The Bertz CT molecular complexity index is 1200. The Kier molecular flexibility index (Phi) is 6.50. The molecule has 3 atom stereocenters. The quantitative estimate of drug-likeness (QED) is 0.174. The molecule has 180 valence electrons. The number of thioether (sulfide) groups is 2. The molecule has 4 heterocycles. The number of aromatic nitrogens is 5. The van der Waals surface area contributed by atoms with Crippen LogP contribution in [0.3, 0.4) is 0 Å². The molecule has 0 aromatic carbocycles. The highest BCUT2D eigenvalue weighted by Crippen LogP contribution is 2.44. The van der Waals surface area contributed by atoms with Gasteiger partial charge in [0.1, 0.15) is 16.8 Å². The van der Waals surface area contributed by atoms with Gasteiger partial charge in [0.2, 0.25) is 17.0 Å². The molecule has 2 saturated heterocycles. The van der Waals surface area contributed by atoms with Crippen molar-refractivity contribution >= 4 is 69.3 Å². The summed E-state index contributed by atoms with van der Waals surface area (Å²) in [6.45, 7) is -0.0178. The number of nitrogen functional groups attached to an aromatic ring is 1. The van der Waals surface area contributed by atoms with Gasteiger partial charge in [0, 0.05) is 36.6 Å². The SMILES string of the molecule is Cn1nnnc1SCC1(C(=O)O)CS[C@@H]2C(NC(=O)C(=CC(N)=O)c3csc(N)n3)C(=O)N2C1. The van der Waals surface area contributed by atoms with Crippen LogP contribution in [0, 0.1) is 5.41 Å². The summed E-state index contributed by atoms with van der Waals surface area (Å²) in [5, 5.41) is 25.4. The van der Waals surface area contributed by atoms with Crippen LogP contribution in [0.4, 0.5) is 5.13 Å². The Hall–Kier alpha value is -3.18. The van der Waals surface area contributed by atoms with Crippen molar-refractivity contribution in [3.05, 3.63) is 17.2 Å². The first-order valence-electron chi connectivity index (χ1n) is 9.65. The van der Waals surface area contributed by atoms with Crippen LogP contribution in [0.25, 0.3) is 5.57 Å². The average molecular weight is 526 g/mol. The molecule has 14 nitrogen and oxygen atoms in total. The highest BCUT2D eigenvalue weighted by atomic mass is 32.2. The van der Waals surface area contributed by atoms with Crippen LogP contribution in [-0.2, 0) is 26.2 Å². The molecule has 0 bridgehead atoms. The molecule has 2 aromatic heterocycles. The molecular formula is C17H19N9O5S3. The number of nitrogens with zero attached hydrogens (tertiary/aromatic N) is 6. The first-order valence-corrected chi connectivity index (χ1v) is 12.6. The summed E-state index contributed by atoms with van der Waals surface area (Å²) in [7, 11) is 1.65. The van der Waals surface area contributed by atoms with Gasteiger partial charge in [0.15, 0.2) is 5.13 Å². The minimum atomic E-state index is -1.21. The van der Waals surface area contributed by atoms with E-state index in [4.69, 9.17) is 11.5 Å². The van der Waals surface area contributed by atoms with E-state index in [-0.39, 0.29) is 34.4 Å². The lowest BCUT2D eigenvalue weighted by Gasteiger charge is -2.53. The fourth-order valence-electron chi connectivity index (χ4n) is 3.48. The fraction of sp³-hybridized carbons (Fsp3) is 0.412. The van der Waals surface area contributed by atoms with Gasteiger partial charge in [-0.2, -0.15) is 0 Å². The molecule has 0 radical (unpaired) electrons. The van der Waals surface area contributed by atoms with Gasteiger partial charge in [-0.05, 0) is 10.4 Å². The van der Waals surface area contributed by atoms with Crippen molar-refractivity contribution in [3.8, 4) is 0 Å². The van der Waals surface area contributed by atoms with Crippen molar-refractivity contribution in [2.75, 3.05) is 23.8 Å². The number of tetrazole rings is 1. The first kappa shape index (κ1) is 24.0. The number of hydrogen-bond donors (Lipinski definition) is 4. The number of nitrogens with two attached hydrogens (primary N) is 2. The van der Waals surface area contributed by atoms with Crippen molar-refractivity contribution < 1.29 is 24.3 Å². The van der Waals surface area contributed by atoms with Crippen LogP contribution in [0.1, 0.15) is 5.69 Å². The Morgan fingerprint density at radius 3 is 2.79 bits per heavy atom. The number of β-lactam (4-membered cyclic amide) rings is 1. The number of carbonyl (C=O) groups excluding carboxylic acids is 3. The number of aryl methyl sites for hydroxylation is 1. The summed E-state index contributed by atoms with van der Waals surface area (Å²) in [5.41, 5.74) is 9.68. The van der Waals surface area contributed by atoms with Gasteiger partial charge >= 0.3 is 5.97 Å². The number of hydrogen-bond acceptors (Lipinski definition) is 12. The summed E-state index contributed by atoms with van der Waals surface area (Å²) in [5.74, 6) is -2.64. The minimum absolute atomic E-state index is 0.0178. The van der Waals surface area contributed by atoms with E-state index < -0.39 is 40.5 Å². The molecule has 17 heteroatoms. The molecule has 2 unspecified atom stereocenters. The molecule has 0 spiro atoms. The monoisotopic (exact) mass is 525 g/mol. The molecule has 6 N–H and O–H groups in total. The van der Waals surface area contributed by atoms with Crippen LogP contribution < -0.4 is 16.8 Å². The second kappa shape index (κ2) is 9.22. The van der Waals surface area contributed by atoms with Gasteiger partial charge in [-0.25, -0.2) is 9.67 Å². The maximum Gasteiger partial charge on any atom is 0.313 e. The zero-order valence-corrected chi connectivity index (χ0v) is 20.0. The molecule has 0 saturated carbocycles. The smallest absolute Gasteiger partial charge is 0.313 e. The van der Waals surface area contributed by atoms with E-state index in [1.807, 2.05) is 0 Å². The van der Waals surface area contributed by atoms with Gasteiger partial charge in [-0.1, -0.05) is 11.8 Å². The van der Waals surface area contributed by atoms with Crippen LogP contribution in [-0.4, -0.2) is 88.4 Å². The van der Waals surface area contributed by atoms with E-state index in [1.165, 1.54) is 38.5 Å². The highest BCUT2D eigenvalue weighted by Gasteiger charge is 2.57. The lowest BCUT2D eigenvalue weighted by Crippen LogP contribution is -2.74. The zero-order chi connectivity index (χ0) is 24.6. The maximum absolute atomic E-state index is 12.9. The van der Waals surface area contributed by atoms with Crippen molar-refractivity contribution in [3.63, 3.8) is 0 Å². The Morgan fingerprint density at radius 2 is 2.21 bits per heavy atom. The topological polar surface area (TPSA) is 212 Å². The number of fused-ring (bicyclic) bond motifs is 1. The maximum atomic E-state index is 12.9. The number of carboxylic acids is 1. The number of amides is 3. The van der Waals surface area contributed by atoms with Crippen molar-refractivity contribution in [1.29, 1.82) is 0 Å². The molecule has 4 rings (SSSR count). The predicted molar refractivity (Wildman–Crippen MR) is 123 cm³/mol.